The molecule has 0 aliphatic heterocycles. The van der Waals surface area contributed by atoms with Crippen LogP contribution in [0.5, 0.6) is 0 Å². The minimum atomic E-state index is -4.26. The summed E-state index contributed by atoms with van der Waals surface area (Å²) in [6, 6.07) is 0. The quantitative estimate of drug-likeness (QED) is 0.293. The van der Waals surface area contributed by atoms with Gasteiger partial charge in [-0.05, 0) is 6.42 Å². The molecule has 0 saturated carbocycles. The van der Waals surface area contributed by atoms with Crippen LogP contribution in [-0.2, 0) is 9.09 Å². The van der Waals surface area contributed by atoms with Crippen LogP contribution in [0.3, 0.4) is 0 Å². The molecule has 2 unspecified atom stereocenters. The van der Waals surface area contributed by atoms with E-state index in [1.807, 2.05) is 21.1 Å². The summed E-state index contributed by atoms with van der Waals surface area (Å²) in [7, 11) is 1.50. The third-order valence-corrected chi connectivity index (χ3v) is 2.89. The molecule has 0 aromatic carbocycles. The van der Waals surface area contributed by atoms with Crippen LogP contribution in [0, 0.1) is 5.92 Å². The summed E-state index contributed by atoms with van der Waals surface area (Å²) in [6.07, 6.45) is 1.77. The molecule has 0 spiro atoms. The van der Waals surface area contributed by atoms with E-state index in [2.05, 4.69) is 11.1 Å². The summed E-state index contributed by atoms with van der Waals surface area (Å²) in [5, 5.41) is 17.6. The van der Waals surface area contributed by atoms with Crippen molar-refractivity contribution in [3.8, 4) is 0 Å². The largest absolute Gasteiger partial charge is 0.469 e. The third kappa shape index (κ3) is 17.7. The Hall–Kier alpha value is -0.270. The number of hydrogen-bond donors (Lipinski definition) is 4. The molecule has 0 aliphatic rings. The summed E-state index contributed by atoms with van der Waals surface area (Å²) in [4.78, 5) is 16.6. The molecular formula is C12H29NO6P+. The average molecular weight is 314 g/mol. The van der Waals surface area contributed by atoms with E-state index in [4.69, 9.17) is 20.0 Å². The van der Waals surface area contributed by atoms with Crippen molar-refractivity contribution >= 4 is 7.82 Å². The molecule has 7 nitrogen and oxygen atoms in total. The molecule has 0 amide bonds. The second-order valence-corrected chi connectivity index (χ2v) is 6.83. The number of aliphatic hydroxyl groups excluding tert-OH is 2. The average Bonchev–Trinajstić information content (AvgIpc) is 2.25. The molecule has 2 atom stereocenters. The maximum atomic E-state index is 10.2. The first-order chi connectivity index (χ1) is 8.93. The molecule has 0 bridgehead atoms. The van der Waals surface area contributed by atoms with Crippen LogP contribution in [0.25, 0.3) is 0 Å². The van der Waals surface area contributed by atoms with Gasteiger partial charge in [-0.25, -0.2) is 4.57 Å². The number of aliphatic hydroxyl groups is 2. The molecule has 0 saturated heterocycles. The number of quaternary nitrogens is 1. The van der Waals surface area contributed by atoms with E-state index in [-0.39, 0.29) is 19.1 Å². The Balaban J connectivity index is 0. The number of rotatable bonds is 8. The van der Waals surface area contributed by atoms with Crippen LogP contribution in [0.4, 0.5) is 0 Å². The van der Waals surface area contributed by atoms with Gasteiger partial charge in [0, 0.05) is 12.5 Å². The van der Waals surface area contributed by atoms with Gasteiger partial charge in [0.25, 0.3) is 0 Å². The van der Waals surface area contributed by atoms with Gasteiger partial charge in [-0.2, -0.15) is 0 Å². The van der Waals surface area contributed by atoms with Crippen LogP contribution in [-0.4, -0.2) is 71.5 Å². The molecule has 0 rings (SSSR count). The van der Waals surface area contributed by atoms with E-state index in [0.717, 1.165) is 0 Å². The summed E-state index contributed by atoms with van der Waals surface area (Å²) < 4.78 is 15.1. The molecular weight excluding hydrogens is 285 g/mol. The van der Waals surface area contributed by atoms with Crippen molar-refractivity contribution in [3.05, 3.63) is 12.7 Å². The van der Waals surface area contributed by atoms with Crippen molar-refractivity contribution in [3.63, 3.8) is 0 Å². The lowest BCUT2D eigenvalue weighted by Crippen LogP contribution is -2.37. The van der Waals surface area contributed by atoms with Gasteiger partial charge in [0.2, 0.25) is 0 Å². The minimum Gasteiger partial charge on any atom is -0.396 e. The molecule has 122 valence electrons. The van der Waals surface area contributed by atoms with Gasteiger partial charge in [-0.1, -0.05) is 13.0 Å². The van der Waals surface area contributed by atoms with Crippen molar-refractivity contribution < 1.29 is 33.6 Å². The fourth-order valence-electron chi connectivity index (χ4n) is 0.958. The van der Waals surface area contributed by atoms with Gasteiger partial charge in [-0.3, -0.25) is 4.52 Å². The Morgan fingerprint density at radius 3 is 2.15 bits per heavy atom. The molecule has 0 aromatic rings. The molecule has 4 N–H and O–H groups in total. The Morgan fingerprint density at radius 1 is 1.35 bits per heavy atom. The zero-order valence-corrected chi connectivity index (χ0v) is 13.7. The first-order valence-electron chi connectivity index (χ1n) is 6.33. The highest BCUT2D eigenvalue weighted by Gasteiger charge is 2.16. The van der Waals surface area contributed by atoms with E-state index in [0.29, 0.717) is 17.4 Å². The van der Waals surface area contributed by atoms with Crippen molar-refractivity contribution in [1.82, 2.24) is 0 Å². The molecule has 0 fully saturated rings. The van der Waals surface area contributed by atoms with E-state index < -0.39 is 13.9 Å². The lowest BCUT2D eigenvalue weighted by molar-refractivity contribution is -0.870. The SMILES string of the molecule is C=CCC(O)C(C)CO.C[N+](C)(C)CCOP(=O)(O)O. The second kappa shape index (κ2) is 10.5. The van der Waals surface area contributed by atoms with Crippen LogP contribution in [0.1, 0.15) is 13.3 Å². The highest BCUT2D eigenvalue weighted by molar-refractivity contribution is 7.46. The number of hydrogen-bond acceptors (Lipinski definition) is 4. The smallest absolute Gasteiger partial charge is 0.396 e. The number of likely N-dealkylation sites (N-methyl/N-ethyl adjacent to an activating group) is 1. The number of phosphoric ester groups is 1. The van der Waals surface area contributed by atoms with Crippen molar-refractivity contribution in [1.29, 1.82) is 0 Å². The van der Waals surface area contributed by atoms with E-state index in [1.165, 1.54) is 0 Å². The van der Waals surface area contributed by atoms with E-state index in [9.17, 15) is 4.57 Å². The second-order valence-electron chi connectivity index (χ2n) is 5.59. The topological polar surface area (TPSA) is 107 Å². The van der Waals surface area contributed by atoms with Gasteiger partial charge >= 0.3 is 7.82 Å². The standard InChI is InChI=1S/C7H14O2.C5H14NO4P/c1-3-4-7(9)6(2)5-8;1-6(2,3)4-5-10-11(7,8)9/h3,6-9H,1,4-5H2,2H3;4-5H2,1-3H3,(H-,7,8,9)/p+1. The first-order valence-corrected chi connectivity index (χ1v) is 7.86. The zero-order chi connectivity index (χ0) is 16.4. The fourth-order valence-corrected chi connectivity index (χ4v) is 1.28. The summed E-state index contributed by atoms with van der Waals surface area (Å²) in [5.41, 5.74) is 0. The summed E-state index contributed by atoms with van der Waals surface area (Å²) >= 11 is 0. The normalized spacial score (nSPS) is 15.0. The van der Waals surface area contributed by atoms with Crippen LogP contribution < -0.4 is 0 Å². The summed E-state index contributed by atoms with van der Waals surface area (Å²) in [5.74, 6) is -0.0389. The molecule has 20 heavy (non-hydrogen) atoms. The Labute approximate surface area is 121 Å². The van der Waals surface area contributed by atoms with Crippen LogP contribution in [0.2, 0.25) is 0 Å². The Kier molecular flexibility index (Phi) is 11.5. The lowest BCUT2D eigenvalue weighted by Gasteiger charge is -2.23. The molecule has 0 aromatic heterocycles. The Morgan fingerprint density at radius 2 is 1.85 bits per heavy atom. The van der Waals surface area contributed by atoms with Gasteiger partial charge in [-0.15, -0.1) is 6.58 Å². The van der Waals surface area contributed by atoms with Crippen molar-refractivity contribution in [2.75, 3.05) is 40.9 Å². The molecule has 0 aliphatic carbocycles. The number of phosphoric acid groups is 1. The number of nitrogens with zero attached hydrogens (tertiary/aromatic N) is 1. The van der Waals surface area contributed by atoms with Crippen molar-refractivity contribution in [2.24, 2.45) is 5.92 Å². The first kappa shape index (κ1) is 22.0. The highest BCUT2D eigenvalue weighted by atomic mass is 31.2. The molecule has 0 heterocycles. The van der Waals surface area contributed by atoms with Gasteiger partial charge in [0.15, 0.2) is 0 Å². The molecule has 8 heteroatoms. The predicted molar refractivity (Wildman–Crippen MR) is 78.0 cm³/mol. The third-order valence-electron chi connectivity index (χ3n) is 2.37. The Bertz CT molecular complexity index is 299. The highest BCUT2D eigenvalue weighted by Crippen LogP contribution is 2.35. The monoisotopic (exact) mass is 314 g/mol. The van der Waals surface area contributed by atoms with Gasteiger partial charge < -0.3 is 24.5 Å². The van der Waals surface area contributed by atoms with E-state index >= 15 is 0 Å². The predicted octanol–water partition coefficient (Wildman–Crippen LogP) is 0.354. The summed E-state index contributed by atoms with van der Waals surface area (Å²) in [6.45, 7) is 5.96. The van der Waals surface area contributed by atoms with Crippen molar-refractivity contribution in [2.45, 2.75) is 19.4 Å². The lowest BCUT2D eigenvalue weighted by atomic mass is 10.0. The van der Waals surface area contributed by atoms with Crippen LogP contribution in [0.15, 0.2) is 12.7 Å². The maximum Gasteiger partial charge on any atom is 0.469 e. The maximum absolute atomic E-state index is 10.2. The van der Waals surface area contributed by atoms with E-state index in [1.54, 1.807) is 13.0 Å². The van der Waals surface area contributed by atoms with Gasteiger partial charge in [0.05, 0.1) is 27.2 Å². The van der Waals surface area contributed by atoms with Crippen LogP contribution >= 0.6 is 7.82 Å². The zero-order valence-electron chi connectivity index (χ0n) is 12.8. The fraction of sp³-hybridized carbons (Fsp3) is 0.833. The minimum absolute atomic E-state index is 0.0367. The van der Waals surface area contributed by atoms with Gasteiger partial charge in [0.1, 0.15) is 13.2 Å². The molecule has 0 radical (unpaired) electrons.